The maximum Gasteiger partial charge on any atom is 0.366 e. The number of para-hydroxylation sites is 2. The number of carbonyl (C=O) groups excluding carboxylic acids is 2. The molecule has 2 aromatic carbocycles. The minimum absolute atomic E-state index is 0.511. The molecule has 0 radical (unpaired) electrons. The van der Waals surface area contributed by atoms with Crippen LogP contribution in [-0.2, 0) is 9.63 Å². The van der Waals surface area contributed by atoms with Gasteiger partial charge in [0.1, 0.15) is 17.5 Å². The van der Waals surface area contributed by atoms with Gasteiger partial charge >= 0.3 is 12.0 Å². The molecular formula is C21H25N3O4. The second-order valence-corrected chi connectivity index (χ2v) is 7.85. The minimum Gasteiger partial charge on any atom is -0.457 e. The lowest BCUT2D eigenvalue weighted by molar-refractivity contribution is -0.193. The van der Waals surface area contributed by atoms with Crippen molar-refractivity contribution in [2.75, 3.05) is 14.1 Å². The van der Waals surface area contributed by atoms with E-state index in [9.17, 15) is 9.59 Å². The number of benzene rings is 2. The van der Waals surface area contributed by atoms with Gasteiger partial charge in [-0.15, -0.1) is 5.06 Å². The summed E-state index contributed by atoms with van der Waals surface area (Å²) in [6, 6.07) is 13.6. The molecule has 7 heteroatoms. The fraction of sp³-hybridized carbons (Fsp3) is 0.333. The van der Waals surface area contributed by atoms with Gasteiger partial charge in [0, 0.05) is 25.2 Å². The van der Waals surface area contributed by atoms with Crippen molar-refractivity contribution >= 4 is 12.0 Å². The van der Waals surface area contributed by atoms with Gasteiger partial charge in [0.25, 0.3) is 0 Å². The Morgan fingerprint density at radius 2 is 1.46 bits per heavy atom. The van der Waals surface area contributed by atoms with Crippen molar-refractivity contribution in [3.05, 3.63) is 59.7 Å². The van der Waals surface area contributed by atoms with Gasteiger partial charge in [0.15, 0.2) is 0 Å². The van der Waals surface area contributed by atoms with Gasteiger partial charge in [-0.05, 0) is 32.9 Å². The van der Waals surface area contributed by atoms with Gasteiger partial charge in [-0.1, -0.05) is 36.4 Å². The van der Waals surface area contributed by atoms with E-state index in [-0.39, 0.29) is 0 Å². The van der Waals surface area contributed by atoms with Crippen molar-refractivity contribution in [3.8, 4) is 11.5 Å². The number of rotatable bonds is 2. The summed E-state index contributed by atoms with van der Waals surface area (Å²) in [4.78, 5) is 31.3. The number of hydrogen-bond donors (Lipinski definition) is 1. The van der Waals surface area contributed by atoms with Crippen LogP contribution in [0.4, 0.5) is 4.79 Å². The van der Waals surface area contributed by atoms with E-state index in [0.29, 0.717) is 11.5 Å². The lowest BCUT2D eigenvalue weighted by atomic mass is 9.94. The van der Waals surface area contributed by atoms with Crippen LogP contribution in [0.2, 0.25) is 0 Å². The van der Waals surface area contributed by atoms with Crippen molar-refractivity contribution < 1.29 is 19.2 Å². The molecule has 1 N–H and O–H groups in total. The van der Waals surface area contributed by atoms with Crippen LogP contribution in [0.3, 0.4) is 0 Å². The molecule has 1 aliphatic heterocycles. The number of amides is 2. The molecule has 3 rings (SSSR count). The number of urea groups is 1. The third kappa shape index (κ3) is 3.94. The first-order valence-corrected chi connectivity index (χ1v) is 9.04. The predicted molar refractivity (Wildman–Crippen MR) is 104 cm³/mol. The van der Waals surface area contributed by atoms with E-state index in [4.69, 9.17) is 9.57 Å². The molecule has 1 heterocycles. The number of nitrogens with one attached hydrogen (secondary N) is 1. The standard InChI is InChI=1S/C21H25N3O4/c1-21(2,3)19(25)28-24(20(26)22-23(4)5)18-14-10-6-8-12-16(14)27-17-13-9-7-11-15(17)18/h6-13,18H,1-5H3,(H,22,26). The van der Waals surface area contributed by atoms with Crippen LogP contribution >= 0.6 is 0 Å². The molecule has 2 aromatic rings. The van der Waals surface area contributed by atoms with Crippen LogP contribution in [0.5, 0.6) is 11.5 Å². The van der Waals surface area contributed by atoms with Gasteiger partial charge in [-0.25, -0.2) is 14.6 Å². The third-order valence-corrected chi connectivity index (χ3v) is 4.19. The average Bonchev–Trinajstić information content (AvgIpc) is 2.63. The highest BCUT2D eigenvalue weighted by molar-refractivity contribution is 5.80. The fourth-order valence-electron chi connectivity index (χ4n) is 2.82. The van der Waals surface area contributed by atoms with E-state index in [0.717, 1.165) is 16.2 Å². The second kappa shape index (κ2) is 7.52. The Bertz CT molecular complexity index is 844. The molecule has 0 aromatic heterocycles. The Kier molecular flexibility index (Phi) is 5.29. The first kappa shape index (κ1) is 19.7. The first-order valence-electron chi connectivity index (χ1n) is 9.04. The molecule has 0 spiro atoms. The molecule has 148 valence electrons. The highest BCUT2D eigenvalue weighted by atomic mass is 16.7. The quantitative estimate of drug-likeness (QED) is 0.797. The minimum atomic E-state index is -0.777. The zero-order valence-corrected chi connectivity index (χ0v) is 16.7. The molecule has 1 aliphatic rings. The lowest BCUT2D eigenvalue weighted by Crippen LogP contribution is -2.49. The summed E-state index contributed by atoms with van der Waals surface area (Å²) >= 11 is 0. The molecular weight excluding hydrogens is 358 g/mol. The number of fused-ring (bicyclic) bond motifs is 2. The number of nitrogens with zero attached hydrogens (tertiary/aromatic N) is 2. The van der Waals surface area contributed by atoms with E-state index in [1.165, 1.54) is 5.01 Å². The van der Waals surface area contributed by atoms with E-state index in [1.54, 1.807) is 34.9 Å². The summed E-state index contributed by atoms with van der Waals surface area (Å²) in [7, 11) is 3.38. The highest BCUT2D eigenvalue weighted by Crippen LogP contribution is 2.45. The van der Waals surface area contributed by atoms with Crippen LogP contribution in [0.15, 0.2) is 48.5 Å². The predicted octanol–water partition coefficient (Wildman–Crippen LogP) is 3.87. The van der Waals surface area contributed by atoms with E-state index >= 15 is 0 Å². The molecule has 2 amide bonds. The molecule has 7 nitrogen and oxygen atoms in total. The van der Waals surface area contributed by atoms with Gasteiger partial charge in [0.05, 0.1) is 5.41 Å². The highest BCUT2D eigenvalue weighted by Gasteiger charge is 2.39. The molecule has 0 atom stereocenters. The summed E-state index contributed by atoms with van der Waals surface area (Å²) in [5.74, 6) is 0.712. The summed E-state index contributed by atoms with van der Waals surface area (Å²) in [5.41, 5.74) is 3.35. The second-order valence-electron chi connectivity index (χ2n) is 7.85. The zero-order valence-electron chi connectivity index (χ0n) is 16.7. The molecule has 0 bridgehead atoms. The summed E-state index contributed by atoms with van der Waals surface area (Å²) < 4.78 is 5.98. The van der Waals surface area contributed by atoms with E-state index < -0.39 is 23.5 Å². The molecule has 28 heavy (non-hydrogen) atoms. The van der Waals surface area contributed by atoms with Gasteiger partial charge in [-0.2, -0.15) is 0 Å². The van der Waals surface area contributed by atoms with E-state index in [2.05, 4.69) is 5.43 Å². The zero-order chi connectivity index (χ0) is 20.5. The van der Waals surface area contributed by atoms with Gasteiger partial charge < -0.3 is 9.57 Å². The maximum absolute atomic E-state index is 13.0. The average molecular weight is 383 g/mol. The van der Waals surface area contributed by atoms with Crippen LogP contribution in [0.25, 0.3) is 0 Å². The Morgan fingerprint density at radius 1 is 0.964 bits per heavy atom. The SMILES string of the molecule is CN(C)NC(=O)N(OC(=O)C(C)(C)C)C1c2ccccc2Oc2ccccc21. The van der Waals surface area contributed by atoms with Gasteiger partial charge in [-0.3, -0.25) is 5.43 Å². The first-order chi connectivity index (χ1) is 13.2. The maximum atomic E-state index is 13.0. The lowest BCUT2D eigenvalue weighted by Gasteiger charge is -2.36. The summed E-state index contributed by atoms with van der Waals surface area (Å²) in [6.45, 7) is 5.22. The number of hydrogen-bond acceptors (Lipinski definition) is 5. The summed E-state index contributed by atoms with van der Waals surface area (Å²) in [5, 5.41) is 2.59. The number of hydroxylamine groups is 2. The van der Waals surface area contributed by atoms with E-state index in [1.807, 2.05) is 48.5 Å². The molecule has 0 aliphatic carbocycles. The Morgan fingerprint density at radius 3 is 1.93 bits per heavy atom. The number of carbonyl (C=O) groups is 2. The van der Waals surface area contributed by atoms with Crippen molar-refractivity contribution in [1.29, 1.82) is 0 Å². The Balaban J connectivity index is 2.11. The van der Waals surface area contributed by atoms with Crippen LogP contribution in [0.1, 0.15) is 37.9 Å². The topological polar surface area (TPSA) is 71.1 Å². The Labute approximate surface area is 164 Å². The largest absolute Gasteiger partial charge is 0.457 e. The van der Waals surface area contributed by atoms with Gasteiger partial charge in [0.2, 0.25) is 0 Å². The van der Waals surface area contributed by atoms with Crippen LogP contribution < -0.4 is 10.2 Å². The monoisotopic (exact) mass is 383 g/mol. The van der Waals surface area contributed by atoms with Crippen molar-refractivity contribution in [2.45, 2.75) is 26.8 Å². The molecule has 0 fully saturated rings. The molecule has 0 unspecified atom stereocenters. The smallest absolute Gasteiger partial charge is 0.366 e. The summed E-state index contributed by atoms with van der Waals surface area (Å²) in [6.07, 6.45) is 0. The van der Waals surface area contributed by atoms with Crippen molar-refractivity contribution in [2.24, 2.45) is 5.41 Å². The number of ether oxygens (including phenoxy) is 1. The molecule has 0 saturated heterocycles. The fourth-order valence-corrected chi connectivity index (χ4v) is 2.82. The van der Waals surface area contributed by atoms with Crippen LogP contribution in [0, 0.1) is 5.41 Å². The molecule has 0 saturated carbocycles. The van der Waals surface area contributed by atoms with Crippen LogP contribution in [-0.4, -0.2) is 36.2 Å². The normalized spacial score (nSPS) is 13.2. The third-order valence-electron chi connectivity index (χ3n) is 4.19. The number of hydrazine groups is 1. The Hall–Kier alpha value is -3.06. The van der Waals surface area contributed by atoms with Crippen molar-refractivity contribution in [1.82, 2.24) is 15.5 Å². The van der Waals surface area contributed by atoms with Crippen molar-refractivity contribution in [3.63, 3.8) is 0 Å².